The number of carbonyl (C=O) groups excluding carboxylic acids is 2. The second-order valence-corrected chi connectivity index (χ2v) is 13.9. The molecule has 45 heavy (non-hydrogen) atoms. The number of aromatic nitrogens is 4. The molecular weight excluding hydrogens is 607 g/mol. The van der Waals surface area contributed by atoms with Gasteiger partial charge in [-0.25, -0.2) is 14.8 Å². The largest absolute Gasteiger partial charge is 0.453 e. The first kappa shape index (κ1) is 29.7. The van der Waals surface area contributed by atoms with Crippen LogP contribution in [0.2, 0.25) is 0 Å². The van der Waals surface area contributed by atoms with E-state index < -0.39 is 12.1 Å². The van der Waals surface area contributed by atoms with Gasteiger partial charge in [-0.3, -0.25) is 4.79 Å². The van der Waals surface area contributed by atoms with E-state index in [1.807, 2.05) is 31.1 Å². The van der Waals surface area contributed by atoms with E-state index in [-0.39, 0.29) is 17.9 Å². The predicted molar refractivity (Wildman–Crippen MR) is 178 cm³/mol. The summed E-state index contributed by atoms with van der Waals surface area (Å²) >= 11 is 3.48. The van der Waals surface area contributed by atoms with E-state index in [2.05, 4.69) is 60.6 Å². The maximum atomic E-state index is 13.5. The second-order valence-electron chi connectivity index (χ2n) is 12.1. The van der Waals surface area contributed by atoms with Crippen molar-refractivity contribution in [3.05, 3.63) is 59.1 Å². The van der Waals surface area contributed by atoms with Crippen LogP contribution in [0, 0.1) is 5.92 Å². The Kier molecular flexibility index (Phi) is 8.19. The van der Waals surface area contributed by atoms with Gasteiger partial charge in [0, 0.05) is 28.4 Å². The average Bonchev–Trinajstić information content (AvgIpc) is 3.87. The normalized spacial score (nSPS) is 19.1. The van der Waals surface area contributed by atoms with Crippen molar-refractivity contribution < 1.29 is 14.3 Å². The van der Waals surface area contributed by atoms with E-state index in [4.69, 9.17) is 9.72 Å². The highest BCUT2D eigenvalue weighted by molar-refractivity contribution is 7.27. The molecule has 4 aromatic heterocycles. The molecule has 6 heterocycles. The molecule has 2 aliphatic rings. The van der Waals surface area contributed by atoms with Crippen molar-refractivity contribution in [2.24, 2.45) is 5.92 Å². The van der Waals surface area contributed by atoms with E-state index in [9.17, 15) is 9.59 Å². The number of imidazole rings is 2. The number of H-pyrrole nitrogens is 2. The highest BCUT2D eigenvalue weighted by Gasteiger charge is 2.37. The third kappa shape index (κ3) is 5.66. The number of aromatic amines is 2. The molecule has 10 nitrogen and oxygen atoms in total. The lowest BCUT2D eigenvalue weighted by molar-refractivity contribution is -0.135. The average molecular weight is 644 g/mol. The molecule has 0 spiro atoms. The van der Waals surface area contributed by atoms with Crippen molar-refractivity contribution in [3.8, 4) is 33.6 Å². The van der Waals surface area contributed by atoms with E-state index in [1.54, 1.807) is 22.7 Å². The van der Waals surface area contributed by atoms with Crippen molar-refractivity contribution in [1.29, 1.82) is 0 Å². The molecule has 2 saturated heterocycles. The number of nitrogens with zero attached hydrogens (tertiary/aromatic N) is 3. The highest BCUT2D eigenvalue weighted by atomic mass is 32.1. The number of likely N-dealkylation sites (tertiary alicyclic amines) is 1. The van der Waals surface area contributed by atoms with Gasteiger partial charge in [-0.1, -0.05) is 38.1 Å². The molecule has 3 atom stereocenters. The zero-order valence-electron chi connectivity index (χ0n) is 25.6. The Morgan fingerprint density at radius 3 is 2.36 bits per heavy atom. The summed E-state index contributed by atoms with van der Waals surface area (Å²) < 4.78 is 7.23. The van der Waals surface area contributed by atoms with Crippen molar-refractivity contribution in [3.63, 3.8) is 0 Å². The van der Waals surface area contributed by atoms with Gasteiger partial charge < -0.3 is 30.2 Å². The molecule has 1 unspecified atom stereocenters. The Morgan fingerprint density at radius 1 is 0.933 bits per heavy atom. The smallest absolute Gasteiger partial charge is 0.407 e. The summed E-state index contributed by atoms with van der Waals surface area (Å²) in [5.41, 5.74) is 6.63. The minimum atomic E-state index is -0.659. The molecule has 0 aliphatic carbocycles. The van der Waals surface area contributed by atoms with Gasteiger partial charge >= 0.3 is 6.09 Å². The third-order valence-corrected chi connectivity index (χ3v) is 11.1. The third-order valence-electron chi connectivity index (χ3n) is 8.91. The lowest BCUT2D eigenvalue weighted by atomic mass is 10.0. The Morgan fingerprint density at radius 2 is 1.62 bits per heavy atom. The number of carbonyl (C=O) groups is 2. The number of ether oxygens (including phenoxy) is 1. The first-order valence-electron chi connectivity index (χ1n) is 15.5. The summed E-state index contributed by atoms with van der Waals surface area (Å²) in [5.74, 6) is 1.60. The van der Waals surface area contributed by atoms with Gasteiger partial charge in [0.2, 0.25) is 5.91 Å². The number of alkyl carbamates (subject to hydrolysis) is 1. The molecule has 0 radical (unpaired) electrons. The molecule has 0 saturated carbocycles. The monoisotopic (exact) mass is 643 g/mol. The standard InChI is InChI=1S/C33H37N7O3S2/c1-18(2)27(39-33(42)43-3)32(41)40-13-5-7-26(40)31-36-15-25(38-31)22-17-45-28-21(16-44-29(22)28)19-8-10-20(11-9-19)24-14-35-30(37-24)23-6-4-12-34-23/h8-11,14-18,23,26-27,34H,4-7,12-13H2,1-3H3,(H,35,37)(H,36,38)(H,39,42)/t23?,26-,27-/m0/s1. The first-order valence-corrected chi connectivity index (χ1v) is 17.2. The first-order chi connectivity index (χ1) is 21.9. The van der Waals surface area contributed by atoms with Crippen LogP contribution in [0.25, 0.3) is 43.0 Å². The summed E-state index contributed by atoms with van der Waals surface area (Å²) in [4.78, 5) is 43.7. The molecule has 7 rings (SSSR count). The Labute approximate surface area is 269 Å². The van der Waals surface area contributed by atoms with Crippen LogP contribution in [0.15, 0.2) is 47.4 Å². The van der Waals surface area contributed by atoms with E-state index in [0.717, 1.165) is 60.0 Å². The quantitative estimate of drug-likeness (QED) is 0.146. The van der Waals surface area contributed by atoms with Crippen LogP contribution >= 0.6 is 22.7 Å². The molecule has 2 amide bonds. The van der Waals surface area contributed by atoms with Gasteiger partial charge in [0.25, 0.3) is 0 Å². The predicted octanol–water partition coefficient (Wildman–Crippen LogP) is 6.88. The second kappa shape index (κ2) is 12.4. The maximum absolute atomic E-state index is 13.5. The Balaban J connectivity index is 1.09. The number of amides is 2. The van der Waals surface area contributed by atoms with Crippen LogP contribution in [0.1, 0.15) is 63.3 Å². The fourth-order valence-electron chi connectivity index (χ4n) is 6.45. The summed E-state index contributed by atoms with van der Waals surface area (Å²) in [6, 6.07) is 8.18. The number of fused-ring (bicyclic) bond motifs is 1. The van der Waals surface area contributed by atoms with Gasteiger partial charge in [0.1, 0.15) is 17.7 Å². The number of rotatable bonds is 8. The number of hydrogen-bond donors (Lipinski definition) is 4. The highest BCUT2D eigenvalue weighted by Crippen LogP contribution is 2.44. The summed E-state index contributed by atoms with van der Waals surface area (Å²) in [5, 5.41) is 10.6. The molecule has 5 aromatic rings. The van der Waals surface area contributed by atoms with Gasteiger partial charge in [-0.15, -0.1) is 22.7 Å². The number of thiophene rings is 2. The maximum Gasteiger partial charge on any atom is 0.407 e. The topological polar surface area (TPSA) is 128 Å². The summed E-state index contributed by atoms with van der Waals surface area (Å²) in [6.45, 7) is 5.51. The zero-order valence-corrected chi connectivity index (χ0v) is 27.2. The molecule has 0 bridgehead atoms. The Hall–Kier alpha value is -4.00. The van der Waals surface area contributed by atoms with Crippen molar-refractivity contribution in [2.75, 3.05) is 20.2 Å². The van der Waals surface area contributed by atoms with Gasteiger partial charge in [0.15, 0.2) is 0 Å². The van der Waals surface area contributed by atoms with E-state index >= 15 is 0 Å². The molecule has 4 N–H and O–H groups in total. The number of benzene rings is 1. The van der Waals surface area contributed by atoms with Crippen molar-refractivity contribution in [2.45, 2.75) is 57.7 Å². The zero-order chi connectivity index (χ0) is 31.1. The fraction of sp³-hybridized carbons (Fsp3) is 0.394. The van der Waals surface area contributed by atoms with Crippen LogP contribution in [-0.4, -0.2) is 63.1 Å². The molecule has 2 aliphatic heterocycles. The lowest BCUT2D eigenvalue weighted by Gasteiger charge is -2.30. The molecule has 1 aromatic carbocycles. The van der Waals surface area contributed by atoms with Crippen LogP contribution in [-0.2, 0) is 9.53 Å². The van der Waals surface area contributed by atoms with Crippen LogP contribution in [0.4, 0.5) is 4.79 Å². The van der Waals surface area contributed by atoms with Gasteiger partial charge in [-0.2, -0.15) is 0 Å². The van der Waals surface area contributed by atoms with Crippen LogP contribution in [0.5, 0.6) is 0 Å². The number of nitrogens with one attached hydrogen (secondary N) is 4. The molecule has 12 heteroatoms. The molecular formula is C33H37N7O3S2. The van der Waals surface area contributed by atoms with E-state index in [0.29, 0.717) is 12.6 Å². The summed E-state index contributed by atoms with van der Waals surface area (Å²) in [6.07, 6.45) is 7.21. The SMILES string of the molecule is COC(=O)N[C@H](C(=O)N1CCC[C@H]1c1ncc(-c2csc3c(-c4ccc(-c5cnc(C6CCCN6)[nH]5)cc4)csc23)[nH]1)C(C)C. The van der Waals surface area contributed by atoms with Crippen molar-refractivity contribution in [1.82, 2.24) is 35.5 Å². The minimum Gasteiger partial charge on any atom is -0.453 e. The molecule has 2 fully saturated rings. The van der Waals surface area contributed by atoms with Gasteiger partial charge in [-0.05, 0) is 49.3 Å². The Bertz CT molecular complexity index is 1810. The summed E-state index contributed by atoms with van der Waals surface area (Å²) in [7, 11) is 1.31. The van der Waals surface area contributed by atoms with Crippen LogP contribution < -0.4 is 10.6 Å². The minimum absolute atomic E-state index is 0.0780. The number of hydrogen-bond acceptors (Lipinski definition) is 8. The van der Waals surface area contributed by atoms with Gasteiger partial charge in [0.05, 0.1) is 52.4 Å². The fourth-order valence-corrected chi connectivity index (χ4v) is 8.89. The van der Waals surface area contributed by atoms with E-state index in [1.165, 1.54) is 34.1 Å². The van der Waals surface area contributed by atoms with Crippen molar-refractivity contribution >= 4 is 44.1 Å². The lowest BCUT2D eigenvalue weighted by Crippen LogP contribution is -2.51. The van der Waals surface area contributed by atoms with Crippen LogP contribution in [0.3, 0.4) is 0 Å². The molecule has 234 valence electrons. The number of methoxy groups -OCH3 is 1.